The Balaban J connectivity index is 1.36. The lowest BCUT2D eigenvalue weighted by molar-refractivity contribution is -0.115. The molecule has 5 aromatic rings. The maximum Gasteiger partial charge on any atom is 0.228 e. The average Bonchev–Trinajstić information content (AvgIpc) is 3.51. The summed E-state index contributed by atoms with van der Waals surface area (Å²) in [4.78, 5) is 21.3. The van der Waals surface area contributed by atoms with Gasteiger partial charge >= 0.3 is 0 Å². The Kier molecular flexibility index (Phi) is 6.40. The summed E-state index contributed by atoms with van der Waals surface area (Å²) in [7, 11) is 1.80. The lowest BCUT2D eigenvalue weighted by Crippen LogP contribution is -2.22. The third-order valence-corrected chi connectivity index (χ3v) is 6.03. The average molecular weight is 514 g/mol. The van der Waals surface area contributed by atoms with E-state index in [-0.39, 0.29) is 23.4 Å². The van der Waals surface area contributed by atoms with E-state index < -0.39 is 5.82 Å². The molecule has 0 radical (unpaired) electrons. The highest BCUT2D eigenvalue weighted by atomic mass is 19.1. The highest BCUT2D eigenvalue weighted by Crippen LogP contribution is 2.34. The number of anilines is 1. The van der Waals surface area contributed by atoms with Gasteiger partial charge in [0, 0.05) is 36.5 Å². The predicted octanol–water partition coefficient (Wildman–Crippen LogP) is 5.40. The van der Waals surface area contributed by atoms with Gasteiger partial charge in [0.25, 0.3) is 0 Å². The minimum atomic E-state index is -0.525. The van der Waals surface area contributed by atoms with Gasteiger partial charge in [-0.05, 0) is 69.2 Å². The van der Waals surface area contributed by atoms with Gasteiger partial charge in [-0.25, -0.2) is 9.37 Å². The fraction of sp³-hybridized carbons (Fsp3) is 0.250. The second-order valence-corrected chi connectivity index (χ2v) is 10.2. The first-order valence-electron chi connectivity index (χ1n) is 12.1. The molecule has 2 aromatic carbocycles. The van der Waals surface area contributed by atoms with Crippen LogP contribution in [-0.2, 0) is 23.8 Å². The van der Waals surface area contributed by atoms with Crippen LogP contribution in [0.4, 0.5) is 10.1 Å². The summed E-state index contributed by atoms with van der Waals surface area (Å²) in [6, 6.07) is 10.3. The number of halogens is 1. The minimum Gasteiger partial charge on any atom is -0.456 e. The quantitative estimate of drug-likeness (QED) is 0.326. The number of nitrogens with one attached hydrogen (secondary N) is 1. The third kappa shape index (κ3) is 5.24. The lowest BCUT2D eigenvalue weighted by Gasteiger charge is -2.18. The molecule has 0 aliphatic carbocycles. The fourth-order valence-electron chi connectivity index (χ4n) is 4.04. The molecule has 38 heavy (non-hydrogen) atoms. The van der Waals surface area contributed by atoms with Crippen LogP contribution >= 0.6 is 0 Å². The van der Waals surface area contributed by atoms with Gasteiger partial charge in [-0.3, -0.25) is 19.1 Å². The van der Waals surface area contributed by atoms with E-state index in [4.69, 9.17) is 4.74 Å². The summed E-state index contributed by atoms with van der Waals surface area (Å²) in [5, 5.41) is 12.2. The summed E-state index contributed by atoms with van der Waals surface area (Å²) in [5.41, 5.74) is 2.86. The molecule has 9 nitrogen and oxygen atoms in total. The molecule has 3 heterocycles. The Morgan fingerprint density at radius 1 is 1.11 bits per heavy atom. The fourth-order valence-corrected chi connectivity index (χ4v) is 4.04. The van der Waals surface area contributed by atoms with Gasteiger partial charge in [-0.2, -0.15) is 10.2 Å². The number of benzene rings is 2. The maximum absolute atomic E-state index is 15.1. The van der Waals surface area contributed by atoms with Gasteiger partial charge in [0.1, 0.15) is 23.6 Å². The summed E-state index contributed by atoms with van der Waals surface area (Å²) >= 11 is 0. The molecule has 194 valence electrons. The number of fused-ring (bicyclic) bond motifs is 1. The van der Waals surface area contributed by atoms with Crippen LogP contribution in [0.2, 0.25) is 0 Å². The van der Waals surface area contributed by atoms with Crippen molar-refractivity contribution in [1.29, 1.82) is 0 Å². The van der Waals surface area contributed by atoms with E-state index in [1.807, 2.05) is 45.9 Å². The number of rotatable bonds is 6. The molecule has 0 saturated carbocycles. The molecule has 1 amide bonds. The monoisotopic (exact) mass is 513 g/mol. The number of aromatic nitrogens is 6. The van der Waals surface area contributed by atoms with Crippen LogP contribution < -0.4 is 10.1 Å². The van der Waals surface area contributed by atoms with Crippen LogP contribution in [0.5, 0.6) is 11.5 Å². The normalized spacial score (nSPS) is 11.6. The maximum atomic E-state index is 15.1. The summed E-state index contributed by atoms with van der Waals surface area (Å²) in [5.74, 6) is 0.604. The van der Waals surface area contributed by atoms with Crippen LogP contribution in [0.3, 0.4) is 0 Å². The number of aryl methyl sites for hydroxylation is 2. The van der Waals surface area contributed by atoms with Crippen molar-refractivity contribution in [1.82, 2.24) is 29.5 Å². The van der Waals surface area contributed by atoms with E-state index in [0.717, 1.165) is 16.5 Å². The summed E-state index contributed by atoms with van der Waals surface area (Å²) in [6.45, 7) is 7.85. The molecule has 0 aliphatic rings. The van der Waals surface area contributed by atoms with Crippen molar-refractivity contribution in [3.8, 4) is 22.9 Å². The SMILES string of the molecule is Cc1cc(CC(=O)Nc2cnn(C(C)(C)C)c2)c(F)cc1Oc1ccnc2ccc(-c3ncn(C)n3)cc12. The molecule has 0 unspecified atom stereocenters. The number of hydrogen-bond donors (Lipinski definition) is 1. The van der Waals surface area contributed by atoms with Gasteiger partial charge in [0.05, 0.1) is 29.4 Å². The Morgan fingerprint density at radius 2 is 1.92 bits per heavy atom. The topological polar surface area (TPSA) is 99.8 Å². The molecule has 3 aromatic heterocycles. The van der Waals surface area contributed by atoms with Crippen molar-refractivity contribution in [2.75, 3.05) is 5.32 Å². The first kappa shape index (κ1) is 25.1. The van der Waals surface area contributed by atoms with Crippen LogP contribution in [0, 0.1) is 12.7 Å². The number of pyridine rings is 1. The molecule has 0 aliphatic heterocycles. The van der Waals surface area contributed by atoms with Crippen LogP contribution in [0.25, 0.3) is 22.3 Å². The van der Waals surface area contributed by atoms with Gasteiger partial charge in [-0.1, -0.05) is 0 Å². The predicted molar refractivity (Wildman–Crippen MR) is 143 cm³/mol. The zero-order chi connectivity index (χ0) is 27.0. The minimum absolute atomic E-state index is 0.119. The lowest BCUT2D eigenvalue weighted by atomic mass is 10.1. The molecule has 0 atom stereocenters. The Labute approximate surface area is 219 Å². The van der Waals surface area contributed by atoms with E-state index >= 15 is 4.39 Å². The molecular formula is C28H28FN7O2. The second kappa shape index (κ2) is 9.70. The summed E-state index contributed by atoms with van der Waals surface area (Å²) in [6.07, 6.45) is 6.49. The first-order chi connectivity index (χ1) is 18.1. The van der Waals surface area contributed by atoms with E-state index in [1.165, 1.54) is 6.07 Å². The van der Waals surface area contributed by atoms with Crippen molar-refractivity contribution < 1.29 is 13.9 Å². The number of ether oxygens (including phenoxy) is 1. The highest BCUT2D eigenvalue weighted by Gasteiger charge is 2.17. The zero-order valence-electron chi connectivity index (χ0n) is 21.9. The molecule has 10 heteroatoms. The number of hydrogen-bond acceptors (Lipinski definition) is 6. The van der Waals surface area contributed by atoms with Gasteiger partial charge in [0.2, 0.25) is 5.91 Å². The third-order valence-electron chi connectivity index (χ3n) is 6.03. The van der Waals surface area contributed by atoms with Crippen molar-refractivity contribution in [2.24, 2.45) is 7.05 Å². The van der Waals surface area contributed by atoms with E-state index in [9.17, 15) is 4.79 Å². The van der Waals surface area contributed by atoms with Crippen molar-refractivity contribution in [3.05, 3.63) is 78.3 Å². The molecule has 1 N–H and O–H groups in total. The van der Waals surface area contributed by atoms with E-state index in [2.05, 4.69) is 25.5 Å². The van der Waals surface area contributed by atoms with Crippen molar-refractivity contribution >= 4 is 22.5 Å². The van der Waals surface area contributed by atoms with E-state index in [1.54, 1.807) is 53.5 Å². The number of nitrogens with zero attached hydrogens (tertiary/aromatic N) is 6. The van der Waals surface area contributed by atoms with Crippen LogP contribution in [-0.4, -0.2) is 35.4 Å². The standard InChI is InChI=1S/C28H28FN7O2/c1-17-10-19(12-26(37)33-20-14-32-36(15-20)28(2,3)4)22(29)13-25(17)38-24-8-9-30-23-7-6-18(11-21(23)24)27-31-16-35(5)34-27/h6-11,13-16H,12H2,1-5H3,(H,33,37). The van der Waals surface area contributed by atoms with Gasteiger partial charge in [-0.15, -0.1) is 0 Å². The number of carbonyl (C=O) groups is 1. The van der Waals surface area contributed by atoms with Gasteiger partial charge < -0.3 is 10.1 Å². The zero-order valence-corrected chi connectivity index (χ0v) is 21.9. The number of amides is 1. The number of carbonyl (C=O) groups excluding carboxylic acids is 1. The smallest absolute Gasteiger partial charge is 0.228 e. The van der Waals surface area contributed by atoms with Crippen molar-refractivity contribution in [2.45, 2.75) is 39.7 Å². The Morgan fingerprint density at radius 3 is 2.63 bits per heavy atom. The molecule has 0 fully saturated rings. The van der Waals surface area contributed by atoms with E-state index in [0.29, 0.717) is 28.6 Å². The molecule has 0 spiro atoms. The molecule has 5 rings (SSSR count). The molecule has 0 bridgehead atoms. The van der Waals surface area contributed by atoms with Gasteiger partial charge in [0.15, 0.2) is 5.82 Å². The summed E-state index contributed by atoms with van der Waals surface area (Å²) < 4.78 is 24.6. The second-order valence-electron chi connectivity index (χ2n) is 10.2. The van der Waals surface area contributed by atoms with Crippen LogP contribution in [0.1, 0.15) is 31.9 Å². The first-order valence-corrected chi connectivity index (χ1v) is 12.1. The van der Waals surface area contributed by atoms with Crippen LogP contribution in [0.15, 0.2) is 61.3 Å². The Hall–Kier alpha value is -4.60. The van der Waals surface area contributed by atoms with Crippen molar-refractivity contribution in [3.63, 3.8) is 0 Å². The molecular weight excluding hydrogens is 485 g/mol. The largest absolute Gasteiger partial charge is 0.456 e. The molecule has 0 saturated heterocycles. The Bertz CT molecular complexity index is 1650. The highest BCUT2D eigenvalue weighted by molar-refractivity contribution is 5.92.